The Kier molecular flexibility index (Phi) is 4.68. The van der Waals surface area contributed by atoms with Crippen molar-refractivity contribution in [2.24, 2.45) is 5.73 Å². The van der Waals surface area contributed by atoms with Gasteiger partial charge in [-0.15, -0.1) is 0 Å². The molecule has 5 nitrogen and oxygen atoms in total. The van der Waals surface area contributed by atoms with Gasteiger partial charge in [-0.05, 0) is 25.0 Å². The van der Waals surface area contributed by atoms with Crippen LogP contribution >= 0.6 is 12.2 Å². The fraction of sp³-hybridized carbons (Fsp3) is 0.357. The summed E-state index contributed by atoms with van der Waals surface area (Å²) in [5.74, 6) is -0.336. The summed E-state index contributed by atoms with van der Waals surface area (Å²) in [4.78, 5) is 25.8. The van der Waals surface area contributed by atoms with E-state index in [1.165, 1.54) is 0 Å². The number of carbonyl (C=O) groups excluding carboxylic acids is 2. The molecule has 2 rings (SSSR count). The number of likely N-dealkylation sites (tertiary alicyclic amines) is 1. The lowest BCUT2D eigenvalue weighted by atomic mass is 10.1. The maximum Gasteiger partial charge on any atom is 0.251 e. The number of hydrogen-bond donors (Lipinski definition) is 2. The zero-order valence-electron chi connectivity index (χ0n) is 11.1. The Morgan fingerprint density at radius 3 is 2.55 bits per heavy atom. The van der Waals surface area contributed by atoms with Crippen LogP contribution < -0.4 is 11.1 Å². The predicted molar refractivity (Wildman–Crippen MR) is 80.5 cm³/mol. The summed E-state index contributed by atoms with van der Waals surface area (Å²) in [6.07, 6.45) is 2.07. The SMILES string of the molecule is NC(=S)c1cccc(C(=O)NCC(=O)N2CCCC2)c1. The van der Waals surface area contributed by atoms with Gasteiger partial charge in [0, 0.05) is 24.2 Å². The Balaban J connectivity index is 1.92. The minimum atomic E-state index is -0.296. The number of carbonyl (C=O) groups is 2. The van der Waals surface area contributed by atoms with Crippen molar-refractivity contribution in [3.8, 4) is 0 Å². The lowest BCUT2D eigenvalue weighted by molar-refractivity contribution is -0.129. The maximum atomic E-state index is 12.0. The van der Waals surface area contributed by atoms with Crippen LogP contribution in [0.2, 0.25) is 0 Å². The molecule has 0 aromatic heterocycles. The van der Waals surface area contributed by atoms with Gasteiger partial charge in [0.25, 0.3) is 5.91 Å². The van der Waals surface area contributed by atoms with E-state index in [4.69, 9.17) is 18.0 Å². The summed E-state index contributed by atoms with van der Waals surface area (Å²) in [5.41, 5.74) is 6.61. The molecule has 0 atom stereocenters. The Morgan fingerprint density at radius 1 is 1.25 bits per heavy atom. The zero-order valence-corrected chi connectivity index (χ0v) is 11.9. The second-order valence-corrected chi connectivity index (χ2v) is 5.16. The van der Waals surface area contributed by atoms with Crippen LogP contribution in [0.5, 0.6) is 0 Å². The molecule has 20 heavy (non-hydrogen) atoms. The fourth-order valence-electron chi connectivity index (χ4n) is 2.15. The van der Waals surface area contributed by atoms with E-state index >= 15 is 0 Å². The number of nitrogens with one attached hydrogen (secondary N) is 1. The van der Waals surface area contributed by atoms with E-state index in [-0.39, 0.29) is 23.3 Å². The van der Waals surface area contributed by atoms with Gasteiger partial charge in [-0.3, -0.25) is 9.59 Å². The number of rotatable bonds is 4. The van der Waals surface area contributed by atoms with E-state index in [0.29, 0.717) is 11.1 Å². The first-order valence-corrected chi connectivity index (χ1v) is 6.94. The summed E-state index contributed by atoms with van der Waals surface area (Å²) < 4.78 is 0. The van der Waals surface area contributed by atoms with Crippen LogP contribution in [0, 0.1) is 0 Å². The van der Waals surface area contributed by atoms with Crippen molar-refractivity contribution in [2.45, 2.75) is 12.8 Å². The quantitative estimate of drug-likeness (QED) is 0.800. The van der Waals surface area contributed by atoms with E-state index in [0.717, 1.165) is 25.9 Å². The second-order valence-electron chi connectivity index (χ2n) is 4.72. The van der Waals surface area contributed by atoms with Crippen molar-refractivity contribution in [2.75, 3.05) is 19.6 Å². The lowest BCUT2D eigenvalue weighted by Crippen LogP contribution is -2.38. The molecule has 6 heteroatoms. The Hall–Kier alpha value is -1.95. The number of benzene rings is 1. The van der Waals surface area contributed by atoms with E-state index in [9.17, 15) is 9.59 Å². The average molecular weight is 291 g/mol. The highest BCUT2D eigenvalue weighted by atomic mass is 32.1. The summed E-state index contributed by atoms with van der Waals surface area (Å²) in [6, 6.07) is 6.75. The largest absolute Gasteiger partial charge is 0.389 e. The third-order valence-corrected chi connectivity index (χ3v) is 3.50. The van der Waals surface area contributed by atoms with Crippen molar-refractivity contribution < 1.29 is 9.59 Å². The molecule has 1 fully saturated rings. The van der Waals surface area contributed by atoms with Gasteiger partial charge in [0.05, 0.1) is 6.54 Å². The minimum absolute atomic E-state index is 0.0239. The second kappa shape index (κ2) is 6.47. The molecule has 0 aliphatic carbocycles. The number of hydrogen-bond acceptors (Lipinski definition) is 3. The molecule has 0 unspecified atom stereocenters. The zero-order chi connectivity index (χ0) is 14.5. The fourth-order valence-corrected chi connectivity index (χ4v) is 2.28. The number of nitrogens with zero attached hydrogens (tertiary/aromatic N) is 1. The van der Waals surface area contributed by atoms with E-state index < -0.39 is 0 Å². The smallest absolute Gasteiger partial charge is 0.251 e. The third-order valence-electron chi connectivity index (χ3n) is 3.27. The molecule has 3 N–H and O–H groups in total. The molecule has 0 radical (unpaired) electrons. The summed E-state index contributed by atoms with van der Waals surface area (Å²) in [7, 11) is 0. The maximum absolute atomic E-state index is 12.0. The summed E-state index contributed by atoms with van der Waals surface area (Å²) in [5, 5.41) is 2.63. The van der Waals surface area contributed by atoms with Crippen LogP contribution in [0.3, 0.4) is 0 Å². The van der Waals surface area contributed by atoms with Crippen LogP contribution in [0.4, 0.5) is 0 Å². The van der Waals surface area contributed by atoms with Gasteiger partial charge in [-0.2, -0.15) is 0 Å². The van der Waals surface area contributed by atoms with Gasteiger partial charge in [-0.25, -0.2) is 0 Å². The van der Waals surface area contributed by atoms with Crippen LogP contribution in [0.1, 0.15) is 28.8 Å². The highest BCUT2D eigenvalue weighted by Gasteiger charge is 2.18. The molecule has 0 saturated carbocycles. The highest BCUT2D eigenvalue weighted by Crippen LogP contribution is 2.08. The van der Waals surface area contributed by atoms with E-state index in [2.05, 4.69) is 5.32 Å². The van der Waals surface area contributed by atoms with Gasteiger partial charge in [-0.1, -0.05) is 24.4 Å². The Bertz CT molecular complexity index is 539. The van der Waals surface area contributed by atoms with Crippen LogP contribution in [0.15, 0.2) is 24.3 Å². The molecule has 0 spiro atoms. The monoisotopic (exact) mass is 291 g/mol. The first-order chi connectivity index (χ1) is 9.58. The molecule has 1 aliphatic heterocycles. The summed E-state index contributed by atoms with van der Waals surface area (Å²) in [6.45, 7) is 1.59. The molecule has 106 valence electrons. The highest BCUT2D eigenvalue weighted by molar-refractivity contribution is 7.80. The van der Waals surface area contributed by atoms with Gasteiger partial charge < -0.3 is 16.0 Å². The minimum Gasteiger partial charge on any atom is -0.389 e. The average Bonchev–Trinajstić information content (AvgIpc) is 2.98. The standard InChI is InChI=1S/C14H17N3O2S/c15-13(20)10-4-3-5-11(8-10)14(19)16-9-12(18)17-6-1-2-7-17/h3-5,8H,1-2,6-7,9H2,(H2,15,20)(H,16,19). The molecule has 0 bridgehead atoms. The Morgan fingerprint density at radius 2 is 1.90 bits per heavy atom. The van der Waals surface area contributed by atoms with Crippen LogP contribution in [-0.4, -0.2) is 41.3 Å². The molecule has 2 amide bonds. The molecule has 1 saturated heterocycles. The van der Waals surface area contributed by atoms with Crippen molar-refractivity contribution in [1.29, 1.82) is 0 Å². The molecular weight excluding hydrogens is 274 g/mol. The molecular formula is C14H17N3O2S. The number of thiocarbonyl (C=S) groups is 1. The molecule has 1 aromatic carbocycles. The number of nitrogens with two attached hydrogens (primary N) is 1. The summed E-state index contributed by atoms with van der Waals surface area (Å²) >= 11 is 4.87. The first-order valence-electron chi connectivity index (χ1n) is 6.54. The lowest BCUT2D eigenvalue weighted by Gasteiger charge is -2.15. The number of amides is 2. The molecule has 1 aliphatic rings. The van der Waals surface area contributed by atoms with Crippen molar-refractivity contribution in [1.82, 2.24) is 10.2 Å². The topological polar surface area (TPSA) is 75.4 Å². The van der Waals surface area contributed by atoms with Gasteiger partial charge in [0.1, 0.15) is 4.99 Å². The molecule has 1 aromatic rings. The van der Waals surface area contributed by atoms with Crippen LogP contribution in [0.25, 0.3) is 0 Å². The third kappa shape index (κ3) is 3.54. The van der Waals surface area contributed by atoms with Crippen molar-refractivity contribution in [3.63, 3.8) is 0 Å². The van der Waals surface area contributed by atoms with Crippen molar-refractivity contribution >= 4 is 29.0 Å². The van der Waals surface area contributed by atoms with E-state index in [1.807, 2.05) is 0 Å². The van der Waals surface area contributed by atoms with Crippen LogP contribution in [-0.2, 0) is 4.79 Å². The molecule has 1 heterocycles. The van der Waals surface area contributed by atoms with Gasteiger partial charge in [0.15, 0.2) is 0 Å². The van der Waals surface area contributed by atoms with Crippen molar-refractivity contribution in [3.05, 3.63) is 35.4 Å². The Labute approximate surface area is 123 Å². The predicted octanol–water partition coefficient (Wildman–Crippen LogP) is 0.673. The van der Waals surface area contributed by atoms with Gasteiger partial charge in [0.2, 0.25) is 5.91 Å². The van der Waals surface area contributed by atoms with Gasteiger partial charge >= 0.3 is 0 Å². The normalized spacial score (nSPS) is 14.1. The van der Waals surface area contributed by atoms with E-state index in [1.54, 1.807) is 29.2 Å². The first kappa shape index (κ1) is 14.5.